The van der Waals surface area contributed by atoms with Crippen molar-refractivity contribution >= 4 is 22.5 Å². The predicted octanol–water partition coefficient (Wildman–Crippen LogP) is 5.42. The molecule has 0 spiro atoms. The van der Waals surface area contributed by atoms with Gasteiger partial charge in [-0.25, -0.2) is 0 Å². The van der Waals surface area contributed by atoms with Crippen molar-refractivity contribution in [2.24, 2.45) is 0 Å². The number of carbonyl (C=O) groups excluding carboxylic acids is 1. The number of hydrogen-bond acceptors (Lipinski definition) is 4. The van der Waals surface area contributed by atoms with Crippen molar-refractivity contribution in [2.75, 3.05) is 0 Å². The molecule has 0 fully saturated rings. The number of halogens is 1. The zero-order chi connectivity index (χ0) is 26.4. The molecule has 0 saturated carbocycles. The zero-order valence-electron chi connectivity index (χ0n) is 21.2. The van der Waals surface area contributed by atoms with Gasteiger partial charge in [-0.15, -0.1) is 0 Å². The Morgan fingerprint density at radius 2 is 1.76 bits per heavy atom. The Hall–Kier alpha value is -4.03. The van der Waals surface area contributed by atoms with Crippen LogP contribution in [0.25, 0.3) is 5.03 Å². The number of nitrogens with one attached hydrogen (secondary N) is 1. The van der Waals surface area contributed by atoms with Crippen LogP contribution in [0.4, 0.5) is 0 Å². The Morgan fingerprint density at radius 1 is 1.00 bits per heavy atom. The summed E-state index contributed by atoms with van der Waals surface area (Å²) in [5.74, 6) is -0.198. The zero-order valence-corrected chi connectivity index (χ0v) is 21.9. The van der Waals surface area contributed by atoms with Crippen molar-refractivity contribution in [1.82, 2.24) is 19.9 Å². The fraction of sp³-hybridized carbons (Fsp3) is 0.200. The Labute approximate surface area is 221 Å². The summed E-state index contributed by atoms with van der Waals surface area (Å²) in [6.07, 6.45) is 7.60. The average Bonchev–Trinajstić information content (AvgIpc) is 2.90. The molecule has 1 N–H and O–H groups in total. The van der Waals surface area contributed by atoms with Gasteiger partial charge in [0.05, 0.1) is 12.1 Å². The summed E-state index contributed by atoms with van der Waals surface area (Å²) in [6.45, 7) is 6.59. The number of pyridine rings is 3. The molecule has 0 unspecified atom stereocenters. The molecule has 1 amide bonds. The maximum Gasteiger partial charge on any atom is 0.253 e. The molecule has 3 heterocycles. The average molecular weight is 513 g/mol. The molecule has 3 aromatic heterocycles. The monoisotopic (exact) mass is 512 g/mol. The molecule has 0 aliphatic rings. The number of aromatic nitrogens is 3. The minimum absolute atomic E-state index is 0.0245. The van der Waals surface area contributed by atoms with Gasteiger partial charge in [-0.05, 0) is 67.6 Å². The number of allylic oxidation sites excluding steroid dienone is 1. The summed E-state index contributed by atoms with van der Waals surface area (Å²) < 4.78 is 1.67. The first-order valence-corrected chi connectivity index (χ1v) is 12.5. The quantitative estimate of drug-likeness (QED) is 0.342. The first-order chi connectivity index (χ1) is 17.8. The molecule has 0 radical (unpaired) electrons. The lowest BCUT2D eigenvalue weighted by Crippen LogP contribution is -2.24. The SMILES string of the molecule is C/C=C(/Cl)c1cc(CNC(=O)c2cncc(Cc3ccc(Cn4ccccc4=O)cc3)c2)c(C)nc1C. The molecular formula is C30H29ClN4O2. The van der Waals surface area contributed by atoms with Gasteiger partial charge in [0, 0.05) is 53.2 Å². The van der Waals surface area contributed by atoms with Crippen LogP contribution in [0.5, 0.6) is 0 Å². The fourth-order valence-corrected chi connectivity index (χ4v) is 4.31. The van der Waals surface area contributed by atoms with Gasteiger partial charge >= 0.3 is 0 Å². The van der Waals surface area contributed by atoms with Crippen molar-refractivity contribution in [2.45, 2.75) is 40.3 Å². The highest BCUT2D eigenvalue weighted by molar-refractivity contribution is 6.48. The minimum atomic E-state index is -0.198. The van der Waals surface area contributed by atoms with Gasteiger partial charge in [0.2, 0.25) is 0 Å². The van der Waals surface area contributed by atoms with Crippen LogP contribution in [0.2, 0.25) is 0 Å². The number of benzene rings is 1. The smallest absolute Gasteiger partial charge is 0.253 e. The highest BCUT2D eigenvalue weighted by Gasteiger charge is 2.12. The summed E-state index contributed by atoms with van der Waals surface area (Å²) in [4.78, 5) is 33.7. The van der Waals surface area contributed by atoms with Crippen LogP contribution < -0.4 is 10.9 Å². The van der Waals surface area contributed by atoms with Crippen molar-refractivity contribution < 1.29 is 4.79 Å². The van der Waals surface area contributed by atoms with E-state index in [1.54, 1.807) is 35.3 Å². The van der Waals surface area contributed by atoms with E-state index in [-0.39, 0.29) is 11.5 Å². The third kappa shape index (κ3) is 6.60. The Balaban J connectivity index is 1.41. The van der Waals surface area contributed by atoms with Crippen LogP contribution in [0, 0.1) is 13.8 Å². The Bertz CT molecular complexity index is 1510. The van der Waals surface area contributed by atoms with Crippen LogP contribution in [-0.4, -0.2) is 20.4 Å². The van der Waals surface area contributed by atoms with E-state index in [0.29, 0.717) is 30.1 Å². The molecule has 0 bridgehead atoms. The van der Waals surface area contributed by atoms with Crippen LogP contribution >= 0.6 is 11.6 Å². The molecule has 7 heteroatoms. The van der Waals surface area contributed by atoms with Gasteiger partial charge in [-0.1, -0.05) is 48.0 Å². The molecular weight excluding hydrogens is 484 g/mol. The lowest BCUT2D eigenvalue weighted by molar-refractivity contribution is 0.0950. The minimum Gasteiger partial charge on any atom is -0.348 e. The van der Waals surface area contributed by atoms with Gasteiger partial charge in [0.25, 0.3) is 11.5 Å². The maximum absolute atomic E-state index is 12.9. The molecule has 1 aromatic carbocycles. The van der Waals surface area contributed by atoms with Crippen molar-refractivity contribution in [3.05, 3.63) is 134 Å². The fourth-order valence-electron chi connectivity index (χ4n) is 4.12. The normalized spacial score (nSPS) is 11.4. The maximum atomic E-state index is 12.9. The van der Waals surface area contributed by atoms with E-state index in [1.165, 1.54) is 0 Å². The predicted molar refractivity (Wildman–Crippen MR) is 148 cm³/mol. The van der Waals surface area contributed by atoms with Crippen LogP contribution in [-0.2, 0) is 19.5 Å². The molecule has 188 valence electrons. The Morgan fingerprint density at radius 3 is 2.49 bits per heavy atom. The molecule has 4 rings (SSSR count). The van der Waals surface area contributed by atoms with E-state index in [1.807, 2.05) is 69.3 Å². The third-order valence-electron chi connectivity index (χ3n) is 6.20. The summed E-state index contributed by atoms with van der Waals surface area (Å²) >= 11 is 6.33. The number of rotatable bonds is 8. The molecule has 6 nitrogen and oxygen atoms in total. The number of amides is 1. The molecule has 0 saturated heterocycles. The summed E-state index contributed by atoms with van der Waals surface area (Å²) in [7, 11) is 0. The molecule has 37 heavy (non-hydrogen) atoms. The standard InChI is InChI=1S/C30H29ClN4O2/c1-4-28(31)27-15-25(20(2)34-21(27)3)18-33-30(37)26-14-24(16-32-17-26)13-22-8-10-23(11-9-22)19-35-12-6-5-7-29(35)36/h4-12,14-17H,13,18-19H2,1-3H3,(H,33,37)/b28-4+. The molecule has 0 aliphatic heterocycles. The van der Waals surface area contributed by atoms with E-state index in [0.717, 1.165) is 39.2 Å². The number of carbonyl (C=O) groups is 1. The first kappa shape index (κ1) is 26.0. The Kier molecular flexibility index (Phi) is 8.31. The van der Waals surface area contributed by atoms with Crippen LogP contribution in [0.1, 0.15) is 56.5 Å². The van der Waals surface area contributed by atoms with Crippen molar-refractivity contribution in [1.29, 1.82) is 0 Å². The number of hydrogen-bond donors (Lipinski definition) is 1. The molecule has 0 atom stereocenters. The number of aryl methyl sites for hydroxylation is 2. The second-order valence-electron chi connectivity index (χ2n) is 8.93. The lowest BCUT2D eigenvalue weighted by Gasteiger charge is -2.12. The van der Waals surface area contributed by atoms with Gasteiger partial charge < -0.3 is 9.88 Å². The van der Waals surface area contributed by atoms with Gasteiger partial charge in [0.15, 0.2) is 0 Å². The first-order valence-electron chi connectivity index (χ1n) is 12.1. The van der Waals surface area contributed by atoms with Gasteiger partial charge in [0.1, 0.15) is 0 Å². The highest BCUT2D eigenvalue weighted by atomic mass is 35.5. The summed E-state index contributed by atoms with van der Waals surface area (Å²) in [5.41, 5.74) is 7.05. The lowest BCUT2D eigenvalue weighted by atomic mass is 10.0. The third-order valence-corrected chi connectivity index (χ3v) is 6.62. The van der Waals surface area contributed by atoms with Gasteiger partial charge in [-0.2, -0.15) is 0 Å². The largest absolute Gasteiger partial charge is 0.348 e. The molecule has 4 aromatic rings. The topological polar surface area (TPSA) is 76.9 Å². The van der Waals surface area contributed by atoms with E-state index in [4.69, 9.17) is 11.6 Å². The second kappa shape index (κ2) is 11.8. The summed E-state index contributed by atoms with van der Waals surface area (Å²) in [5, 5.41) is 3.61. The van der Waals surface area contributed by atoms with Crippen LogP contribution in [0.3, 0.4) is 0 Å². The van der Waals surface area contributed by atoms with Crippen LogP contribution in [0.15, 0.2) is 84.1 Å². The number of nitrogens with zero attached hydrogens (tertiary/aromatic N) is 3. The van der Waals surface area contributed by atoms with E-state index >= 15 is 0 Å². The van der Waals surface area contributed by atoms with E-state index in [2.05, 4.69) is 15.3 Å². The summed E-state index contributed by atoms with van der Waals surface area (Å²) in [6, 6.07) is 17.1. The molecule has 0 aliphatic carbocycles. The van der Waals surface area contributed by atoms with E-state index < -0.39 is 0 Å². The van der Waals surface area contributed by atoms with E-state index in [9.17, 15) is 9.59 Å². The van der Waals surface area contributed by atoms with Crippen molar-refractivity contribution in [3.8, 4) is 0 Å². The van der Waals surface area contributed by atoms with Gasteiger partial charge in [-0.3, -0.25) is 19.6 Å². The van der Waals surface area contributed by atoms with Crippen molar-refractivity contribution in [3.63, 3.8) is 0 Å². The highest BCUT2D eigenvalue weighted by Crippen LogP contribution is 2.24. The second-order valence-corrected chi connectivity index (χ2v) is 9.33.